The second kappa shape index (κ2) is 7.51. The van der Waals surface area contributed by atoms with E-state index in [9.17, 15) is 9.59 Å². The Morgan fingerprint density at radius 3 is 2.56 bits per heavy atom. The Bertz CT molecular complexity index is 624. The van der Waals surface area contributed by atoms with Crippen LogP contribution < -0.4 is 5.73 Å². The predicted octanol–water partition coefficient (Wildman–Crippen LogP) is 0.670. The highest BCUT2D eigenvalue weighted by Gasteiger charge is 2.34. The molecule has 0 bridgehead atoms. The molecule has 25 heavy (non-hydrogen) atoms. The lowest BCUT2D eigenvalue weighted by Crippen LogP contribution is -2.53. The molecular formula is C17H27N5O3. The van der Waals surface area contributed by atoms with Crippen LogP contribution in [0, 0.1) is 12.8 Å². The van der Waals surface area contributed by atoms with Crippen molar-refractivity contribution in [2.45, 2.75) is 51.5 Å². The van der Waals surface area contributed by atoms with E-state index in [2.05, 4.69) is 15.0 Å². The molecule has 8 heteroatoms. The summed E-state index contributed by atoms with van der Waals surface area (Å²) in [6.45, 7) is 6.59. The molecule has 2 amide bonds. The Labute approximate surface area is 147 Å². The number of primary amides is 1. The van der Waals surface area contributed by atoms with Gasteiger partial charge in [-0.2, -0.15) is 4.98 Å². The van der Waals surface area contributed by atoms with Crippen molar-refractivity contribution in [1.82, 2.24) is 19.9 Å². The summed E-state index contributed by atoms with van der Waals surface area (Å²) < 4.78 is 5.28. The number of piperidine rings is 2. The molecule has 0 aromatic carbocycles. The molecule has 0 aliphatic carbocycles. The molecule has 1 aromatic rings. The van der Waals surface area contributed by atoms with E-state index >= 15 is 0 Å². The third-order valence-corrected chi connectivity index (χ3v) is 5.46. The number of nitrogens with zero attached hydrogens (tertiary/aromatic N) is 4. The summed E-state index contributed by atoms with van der Waals surface area (Å²) in [5.41, 5.74) is 5.41. The minimum Gasteiger partial charge on any atom is -0.369 e. The van der Waals surface area contributed by atoms with Gasteiger partial charge in [0.1, 0.15) is 0 Å². The highest BCUT2D eigenvalue weighted by molar-refractivity contribution is 5.83. The van der Waals surface area contributed by atoms with Crippen molar-refractivity contribution in [2.75, 3.05) is 26.2 Å². The molecule has 138 valence electrons. The van der Waals surface area contributed by atoms with Crippen LogP contribution in [0.15, 0.2) is 4.52 Å². The van der Waals surface area contributed by atoms with Gasteiger partial charge in [-0.1, -0.05) is 5.16 Å². The fourth-order valence-corrected chi connectivity index (χ4v) is 3.84. The topological polar surface area (TPSA) is 106 Å². The van der Waals surface area contributed by atoms with Crippen LogP contribution in [0.1, 0.15) is 50.2 Å². The van der Waals surface area contributed by atoms with Gasteiger partial charge in [0.2, 0.25) is 17.7 Å². The minimum atomic E-state index is -0.305. The van der Waals surface area contributed by atoms with Gasteiger partial charge in [0.05, 0.1) is 12.0 Å². The van der Waals surface area contributed by atoms with Crippen LogP contribution in [0.5, 0.6) is 0 Å². The fourth-order valence-electron chi connectivity index (χ4n) is 3.84. The predicted molar refractivity (Wildman–Crippen MR) is 90.5 cm³/mol. The summed E-state index contributed by atoms with van der Waals surface area (Å²) in [4.78, 5) is 32.6. The number of aryl methyl sites for hydroxylation is 1. The second-order valence-electron chi connectivity index (χ2n) is 7.19. The van der Waals surface area contributed by atoms with Gasteiger partial charge in [-0.15, -0.1) is 0 Å². The number of hydrogen-bond acceptors (Lipinski definition) is 6. The van der Waals surface area contributed by atoms with Crippen molar-refractivity contribution in [1.29, 1.82) is 0 Å². The van der Waals surface area contributed by atoms with Gasteiger partial charge >= 0.3 is 0 Å². The minimum absolute atomic E-state index is 0.0954. The normalized spacial score (nSPS) is 24.2. The van der Waals surface area contributed by atoms with Crippen molar-refractivity contribution in [3.05, 3.63) is 11.7 Å². The Morgan fingerprint density at radius 2 is 1.96 bits per heavy atom. The number of hydrogen-bond donors (Lipinski definition) is 1. The average molecular weight is 349 g/mol. The maximum absolute atomic E-state index is 12.8. The van der Waals surface area contributed by atoms with E-state index in [0.29, 0.717) is 24.8 Å². The van der Waals surface area contributed by atoms with Crippen LogP contribution in [0.4, 0.5) is 0 Å². The number of carbonyl (C=O) groups excluding carboxylic acids is 2. The highest BCUT2D eigenvalue weighted by atomic mass is 16.5. The summed E-state index contributed by atoms with van der Waals surface area (Å²) in [7, 11) is 0. The van der Waals surface area contributed by atoms with Gasteiger partial charge in [0.15, 0.2) is 5.82 Å². The Morgan fingerprint density at radius 1 is 1.24 bits per heavy atom. The number of amides is 2. The van der Waals surface area contributed by atoms with Crippen LogP contribution in [-0.4, -0.2) is 64.0 Å². The fraction of sp³-hybridized carbons (Fsp3) is 0.765. The number of carbonyl (C=O) groups is 2. The first kappa shape index (κ1) is 17.8. The maximum Gasteiger partial charge on any atom is 0.239 e. The summed E-state index contributed by atoms with van der Waals surface area (Å²) in [6, 6.07) is -0.183. The largest absolute Gasteiger partial charge is 0.369 e. The smallest absolute Gasteiger partial charge is 0.239 e. The lowest BCUT2D eigenvalue weighted by atomic mass is 9.94. The first-order chi connectivity index (χ1) is 12.0. The summed E-state index contributed by atoms with van der Waals surface area (Å²) >= 11 is 0. The molecule has 2 fully saturated rings. The van der Waals surface area contributed by atoms with Crippen LogP contribution in [-0.2, 0) is 9.59 Å². The molecular weight excluding hydrogens is 322 g/mol. The van der Waals surface area contributed by atoms with Crippen molar-refractivity contribution in [3.63, 3.8) is 0 Å². The number of nitrogens with two attached hydrogens (primary N) is 1. The molecule has 2 atom stereocenters. The van der Waals surface area contributed by atoms with Crippen molar-refractivity contribution < 1.29 is 14.1 Å². The van der Waals surface area contributed by atoms with E-state index in [0.717, 1.165) is 38.8 Å². The van der Waals surface area contributed by atoms with Crippen molar-refractivity contribution in [3.8, 4) is 0 Å². The highest BCUT2D eigenvalue weighted by Crippen LogP contribution is 2.28. The lowest BCUT2D eigenvalue weighted by molar-refractivity contribution is -0.140. The molecule has 2 aliphatic heterocycles. The lowest BCUT2D eigenvalue weighted by Gasteiger charge is -2.38. The Kier molecular flexibility index (Phi) is 5.36. The first-order valence-corrected chi connectivity index (χ1v) is 9.08. The maximum atomic E-state index is 12.8. The van der Waals surface area contributed by atoms with Crippen LogP contribution >= 0.6 is 0 Å². The molecule has 3 heterocycles. The van der Waals surface area contributed by atoms with Gasteiger partial charge in [-0.25, -0.2) is 0 Å². The van der Waals surface area contributed by atoms with Gasteiger partial charge in [-0.05, 0) is 52.6 Å². The first-order valence-electron chi connectivity index (χ1n) is 9.08. The third-order valence-electron chi connectivity index (χ3n) is 5.46. The van der Waals surface area contributed by atoms with Gasteiger partial charge in [0, 0.05) is 19.0 Å². The molecule has 3 rings (SSSR count). The average Bonchev–Trinajstić information content (AvgIpc) is 3.07. The summed E-state index contributed by atoms with van der Waals surface area (Å²) in [5.74, 6) is 1.22. The van der Waals surface area contributed by atoms with Gasteiger partial charge < -0.3 is 15.2 Å². The standard InChI is InChI=1S/C17H27N5O3/c1-11(17(24)22-7-3-4-14(10-22)15(18)23)21-8-5-13(6-9-21)16-19-12(2)20-25-16/h11,13-14H,3-10H2,1-2H3,(H2,18,23)/t11-,14-/m1/s1. The van der Waals surface area contributed by atoms with Crippen molar-refractivity contribution in [2.24, 2.45) is 11.7 Å². The van der Waals surface area contributed by atoms with E-state index < -0.39 is 0 Å². The number of rotatable bonds is 4. The molecule has 2 saturated heterocycles. The van der Waals surface area contributed by atoms with Crippen LogP contribution in [0.3, 0.4) is 0 Å². The van der Waals surface area contributed by atoms with E-state index in [1.165, 1.54) is 0 Å². The van der Waals surface area contributed by atoms with E-state index in [1.807, 2.05) is 13.8 Å². The molecule has 2 aliphatic rings. The molecule has 2 N–H and O–H groups in total. The Hall–Kier alpha value is -1.96. The molecule has 0 radical (unpaired) electrons. The SMILES string of the molecule is Cc1noc(C2CCN([C@H](C)C(=O)N3CCC[C@@H](C(N)=O)C3)CC2)n1. The van der Waals surface area contributed by atoms with Crippen LogP contribution in [0.2, 0.25) is 0 Å². The molecule has 8 nitrogen and oxygen atoms in total. The van der Waals surface area contributed by atoms with Gasteiger partial charge in [0.25, 0.3) is 0 Å². The molecule has 0 spiro atoms. The number of aromatic nitrogens is 2. The monoisotopic (exact) mass is 349 g/mol. The molecule has 0 saturated carbocycles. The van der Waals surface area contributed by atoms with Gasteiger partial charge in [-0.3, -0.25) is 14.5 Å². The molecule has 0 unspecified atom stereocenters. The summed E-state index contributed by atoms with van der Waals surface area (Å²) in [6.07, 6.45) is 3.43. The second-order valence-corrected chi connectivity index (χ2v) is 7.19. The summed E-state index contributed by atoms with van der Waals surface area (Å²) in [5, 5.41) is 3.86. The third kappa shape index (κ3) is 4.00. The van der Waals surface area contributed by atoms with Crippen LogP contribution in [0.25, 0.3) is 0 Å². The Balaban J connectivity index is 1.54. The van der Waals surface area contributed by atoms with Crippen molar-refractivity contribution >= 4 is 11.8 Å². The number of likely N-dealkylation sites (tertiary alicyclic amines) is 2. The van der Waals surface area contributed by atoms with E-state index in [1.54, 1.807) is 4.90 Å². The zero-order valence-corrected chi connectivity index (χ0v) is 15.0. The molecule has 1 aromatic heterocycles. The zero-order valence-electron chi connectivity index (χ0n) is 15.0. The zero-order chi connectivity index (χ0) is 18.0. The quantitative estimate of drug-likeness (QED) is 0.856. The van der Waals surface area contributed by atoms with E-state index in [-0.39, 0.29) is 29.7 Å². The van der Waals surface area contributed by atoms with E-state index in [4.69, 9.17) is 10.3 Å².